The van der Waals surface area contributed by atoms with Gasteiger partial charge in [0, 0.05) is 60.2 Å². The van der Waals surface area contributed by atoms with Crippen molar-refractivity contribution in [3.05, 3.63) is 206 Å². The fourth-order valence-corrected chi connectivity index (χ4v) is 9.46. The smallest absolute Gasteiger partial charge is 0.167 e. The fraction of sp³-hybridized carbons (Fsp3) is 0. The highest BCUT2D eigenvalue weighted by Gasteiger charge is 2.20. The van der Waals surface area contributed by atoms with E-state index in [1.807, 2.05) is 36.4 Å². The van der Waals surface area contributed by atoms with Gasteiger partial charge in [-0.3, -0.25) is 0 Å². The highest BCUT2D eigenvalue weighted by molar-refractivity contribution is 6.15. The summed E-state index contributed by atoms with van der Waals surface area (Å²) in [5, 5.41) is 6.84. The molecule has 0 radical (unpaired) electrons. The van der Waals surface area contributed by atoms with Crippen molar-refractivity contribution in [2.75, 3.05) is 0 Å². The lowest BCUT2D eigenvalue weighted by Gasteiger charge is -2.09. The van der Waals surface area contributed by atoms with Crippen molar-refractivity contribution in [3.8, 4) is 62.1 Å². The number of hydrogen-bond acceptors (Lipinski definition) is 4. The zero-order chi connectivity index (χ0) is 41.4. The van der Waals surface area contributed by atoms with Gasteiger partial charge in [0.2, 0.25) is 0 Å². The number of para-hydroxylation sites is 3. The van der Waals surface area contributed by atoms with Crippen molar-refractivity contribution in [2.24, 2.45) is 0 Å². The summed E-state index contributed by atoms with van der Waals surface area (Å²) >= 11 is 0. The predicted molar refractivity (Wildman–Crippen MR) is 258 cm³/mol. The molecule has 0 unspecified atom stereocenters. The average molecular weight is 806 g/mol. The number of hydrogen-bond donors (Lipinski definition) is 1. The van der Waals surface area contributed by atoms with E-state index in [1.165, 1.54) is 32.8 Å². The molecular formula is C57H35N5O. The Labute approximate surface area is 361 Å². The number of aromatic nitrogens is 5. The predicted octanol–water partition coefficient (Wildman–Crippen LogP) is 14.8. The number of fused-ring (bicyclic) bond motifs is 9. The first-order valence-electron chi connectivity index (χ1n) is 21.2. The van der Waals surface area contributed by atoms with Gasteiger partial charge in [0.25, 0.3) is 0 Å². The third-order valence-corrected chi connectivity index (χ3v) is 12.4. The standard InChI is InChI=1S/C57H35N5O/c1-4-14-35(15-5-1)41-21-13-24-48-53(41)46-31-28-39(32-49(46)58-48)56-59-55(36-16-6-2-7-17-36)60-57(61-56)47-23-12-22-45-44-30-27-38(34-52(44)63-54(45)47)37-26-29-43-42-20-10-11-25-50(42)62(51(43)33-37)40-18-8-3-9-19-40/h1-34,58H. The van der Waals surface area contributed by atoms with Gasteiger partial charge in [-0.05, 0) is 76.9 Å². The number of H-pyrrole nitrogens is 1. The van der Waals surface area contributed by atoms with E-state index >= 15 is 0 Å². The molecule has 4 heterocycles. The quantitative estimate of drug-likeness (QED) is 0.182. The Morgan fingerprint density at radius 3 is 1.79 bits per heavy atom. The molecule has 0 aliphatic rings. The zero-order valence-electron chi connectivity index (χ0n) is 33.8. The largest absolute Gasteiger partial charge is 0.455 e. The van der Waals surface area contributed by atoms with Crippen molar-refractivity contribution in [1.29, 1.82) is 0 Å². The number of furan rings is 1. The zero-order valence-corrected chi connectivity index (χ0v) is 33.8. The number of rotatable bonds is 6. The van der Waals surface area contributed by atoms with Gasteiger partial charge < -0.3 is 14.0 Å². The molecule has 0 aliphatic heterocycles. The lowest BCUT2D eigenvalue weighted by atomic mass is 9.99. The van der Waals surface area contributed by atoms with Gasteiger partial charge in [-0.1, -0.05) is 152 Å². The molecule has 6 heteroatoms. The van der Waals surface area contributed by atoms with Crippen molar-refractivity contribution < 1.29 is 4.42 Å². The van der Waals surface area contributed by atoms with Crippen molar-refractivity contribution in [1.82, 2.24) is 24.5 Å². The van der Waals surface area contributed by atoms with Crippen LogP contribution < -0.4 is 0 Å². The van der Waals surface area contributed by atoms with Crippen LogP contribution in [0.2, 0.25) is 0 Å². The van der Waals surface area contributed by atoms with Crippen LogP contribution in [0, 0.1) is 0 Å². The van der Waals surface area contributed by atoms with Gasteiger partial charge in [-0.15, -0.1) is 0 Å². The van der Waals surface area contributed by atoms with E-state index in [-0.39, 0.29) is 0 Å². The van der Waals surface area contributed by atoms with Crippen LogP contribution in [0.3, 0.4) is 0 Å². The Hall–Kier alpha value is -8.61. The maximum Gasteiger partial charge on any atom is 0.167 e. The summed E-state index contributed by atoms with van der Waals surface area (Å²) in [6, 6.07) is 72.2. The van der Waals surface area contributed by atoms with Gasteiger partial charge >= 0.3 is 0 Å². The molecular weight excluding hydrogens is 771 g/mol. The minimum absolute atomic E-state index is 0.547. The first-order valence-corrected chi connectivity index (χ1v) is 21.2. The van der Waals surface area contributed by atoms with Crippen molar-refractivity contribution in [3.63, 3.8) is 0 Å². The molecule has 9 aromatic carbocycles. The first-order chi connectivity index (χ1) is 31.2. The molecule has 4 aromatic heterocycles. The highest BCUT2D eigenvalue weighted by atomic mass is 16.3. The Morgan fingerprint density at radius 2 is 0.968 bits per heavy atom. The summed E-state index contributed by atoms with van der Waals surface area (Å²) in [4.78, 5) is 19.1. The summed E-state index contributed by atoms with van der Waals surface area (Å²) in [5.74, 6) is 1.73. The second-order valence-corrected chi connectivity index (χ2v) is 16.1. The van der Waals surface area contributed by atoms with Crippen LogP contribution in [0.25, 0.3) is 128 Å². The van der Waals surface area contributed by atoms with Gasteiger partial charge in [-0.25, -0.2) is 15.0 Å². The molecule has 0 aliphatic carbocycles. The Balaban J connectivity index is 0.944. The first kappa shape index (κ1) is 35.2. The number of aromatic amines is 1. The lowest BCUT2D eigenvalue weighted by Crippen LogP contribution is -2.00. The molecule has 294 valence electrons. The third kappa shape index (κ3) is 5.69. The molecule has 0 fully saturated rings. The summed E-state index contributed by atoms with van der Waals surface area (Å²) < 4.78 is 9.20. The fourth-order valence-electron chi connectivity index (χ4n) is 9.46. The molecule has 13 aromatic rings. The Bertz CT molecular complexity index is 3900. The average Bonchev–Trinajstić information content (AvgIpc) is 4.03. The molecule has 63 heavy (non-hydrogen) atoms. The lowest BCUT2D eigenvalue weighted by molar-refractivity contribution is 0.669. The second-order valence-electron chi connectivity index (χ2n) is 16.1. The van der Waals surface area contributed by atoms with E-state index in [1.54, 1.807) is 0 Å². The molecule has 0 spiro atoms. The van der Waals surface area contributed by atoms with E-state index in [9.17, 15) is 0 Å². The van der Waals surface area contributed by atoms with E-state index in [0.717, 1.165) is 77.4 Å². The molecule has 13 rings (SSSR count). The summed E-state index contributed by atoms with van der Waals surface area (Å²) in [5.41, 5.74) is 14.3. The monoisotopic (exact) mass is 805 g/mol. The van der Waals surface area contributed by atoms with Gasteiger partial charge in [-0.2, -0.15) is 0 Å². The maximum atomic E-state index is 6.85. The topological polar surface area (TPSA) is 72.5 Å². The molecule has 1 N–H and O–H groups in total. The number of nitrogens with one attached hydrogen (secondary N) is 1. The Morgan fingerprint density at radius 1 is 0.365 bits per heavy atom. The van der Waals surface area contributed by atoms with Crippen LogP contribution in [0.5, 0.6) is 0 Å². The van der Waals surface area contributed by atoms with Crippen LogP contribution in [0.15, 0.2) is 211 Å². The molecule has 0 saturated carbocycles. The SMILES string of the molecule is c1ccc(-c2nc(-c3ccc4c(c3)[nH]c3cccc(-c5ccccc5)c34)nc(-c3cccc4c3oc3cc(-c5ccc6c7ccccc7n(-c7ccccc7)c6c5)ccc34)n2)cc1. The van der Waals surface area contributed by atoms with Crippen molar-refractivity contribution in [2.45, 2.75) is 0 Å². The number of nitrogens with zero attached hydrogens (tertiary/aromatic N) is 4. The molecule has 6 nitrogen and oxygen atoms in total. The van der Waals surface area contributed by atoms with E-state index in [4.69, 9.17) is 19.4 Å². The highest BCUT2D eigenvalue weighted by Crippen LogP contribution is 2.40. The molecule has 0 saturated heterocycles. The van der Waals surface area contributed by atoms with Crippen LogP contribution in [-0.4, -0.2) is 24.5 Å². The summed E-state index contributed by atoms with van der Waals surface area (Å²) in [6.45, 7) is 0. The van der Waals surface area contributed by atoms with Crippen LogP contribution in [0.4, 0.5) is 0 Å². The Kier molecular flexibility index (Phi) is 7.80. The normalized spacial score (nSPS) is 11.8. The van der Waals surface area contributed by atoms with Crippen molar-refractivity contribution >= 4 is 65.6 Å². The van der Waals surface area contributed by atoms with Gasteiger partial charge in [0.15, 0.2) is 17.5 Å². The summed E-state index contributed by atoms with van der Waals surface area (Å²) in [7, 11) is 0. The number of benzene rings is 9. The molecule has 0 bridgehead atoms. The van der Waals surface area contributed by atoms with Crippen LogP contribution in [-0.2, 0) is 0 Å². The van der Waals surface area contributed by atoms with E-state index < -0.39 is 0 Å². The van der Waals surface area contributed by atoms with E-state index in [2.05, 4.69) is 179 Å². The minimum Gasteiger partial charge on any atom is -0.455 e. The van der Waals surface area contributed by atoms with Crippen LogP contribution >= 0.6 is 0 Å². The maximum absolute atomic E-state index is 6.85. The van der Waals surface area contributed by atoms with E-state index in [0.29, 0.717) is 17.5 Å². The summed E-state index contributed by atoms with van der Waals surface area (Å²) in [6.07, 6.45) is 0. The molecule has 0 atom stereocenters. The van der Waals surface area contributed by atoms with Crippen LogP contribution in [0.1, 0.15) is 0 Å². The van der Waals surface area contributed by atoms with Gasteiger partial charge in [0.05, 0.1) is 16.6 Å². The minimum atomic E-state index is 0.547. The second kappa shape index (κ2) is 14.0. The van der Waals surface area contributed by atoms with Gasteiger partial charge in [0.1, 0.15) is 11.2 Å². The third-order valence-electron chi connectivity index (χ3n) is 12.4. The molecule has 0 amide bonds.